The van der Waals surface area contributed by atoms with Crippen LogP contribution in [0.25, 0.3) is 0 Å². The lowest BCUT2D eigenvalue weighted by molar-refractivity contribution is -0.167. The smallest absolute Gasteiger partial charge is 0.315 e. The number of benzene rings is 2. The molecule has 3 heteroatoms. The lowest BCUT2D eigenvalue weighted by Crippen LogP contribution is -2.48. The van der Waals surface area contributed by atoms with E-state index in [9.17, 15) is 9.90 Å². The molecule has 0 atom stereocenters. The van der Waals surface area contributed by atoms with Crippen molar-refractivity contribution in [2.75, 3.05) is 6.61 Å². The van der Waals surface area contributed by atoms with E-state index < -0.39 is 17.0 Å². The highest BCUT2D eigenvalue weighted by Crippen LogP contribution is 2.45. The van der Waals surface area contributed by atoms with Crippen molar-refractivity contribution in [1.82, 2.24) is 0 Å². The van der Waals surface area contributed by atoms with Crippen molar-refractivity contribution in [2.24, 2.45) is 5.41 Å². The second-order valence-corrected chi connectivity index (χ2v) is 5.79. The Kier molecular flexibility index (Phi) is 4.67. The summed E-state index contributed by atoms with van der Waals surface area (Å²) in [4.78, 5) is 12.5. The Bertz CT molecular complexity index is 578. The molecule has 0 unspecified atom stereocenters. The highest BCUT2D eigenvalue weighted by Gasteiger charge is 2.52. The van der Waals surface area contributed by atoms with Gasteiger partial charge >= 0.3 is 5.97 Å². The topological polar surface area (TPSA) is 46.5 Å². The van der Waals surface area contributed by atoms with Crippen LogP contribution in [0.15, 0.2) is 60.7 Å². The number of ether oxygens (including phenoxy) is 1. The third-order valence-corrected chi connectivity index (χ3v) is 4.07. The zero-order valence-corrected chi connectivity index (χ0v) is 13.2. The number of esters is 1. The molecule has 2 aromatic rings. The molecule has 0 saturated carbocycles. The van der Waals surface area contributed by atoms with Gasteiger partial charge in [0.25, 0.3) is 0 Å². The van der Waals surface area contributed by atoms with Gasteiger partial charge in [0.1, 0.15) is 5.60 Å². The molecule has 0 fully saturated rings. The highest BCUT2D eigenvalue weighted by molar-refractivity contribution is 5.79. The summed E-state index contributed by atoms with van der Waals surface area (Å²) in [7, 11) is 0. The predicted molar refractivity (Wildman–Crippen MR) is 86.3 cm³/mol. The normalized spacial score (nSPS) is 12.0. The first-order valence-corrected chi connectivity index (χ1v) is 7.45. The van der Waals surface area contributed by atoms with Crippen molar-refractivity contribution in [2.45, 2.75) is 26.4 Å². The summed E-state index contributed by atoms with van der Waals surface area (Å²) in [6, 6.07) is 18.5. The fourth-order valence-electron chi connectivity index (χ4n) is 2.71. The predicted octanol–water partition coefficient (Wildman–Crippen LogP) is 3.51. The number of aliphatic hydroxyl groups is 1. The summed E-state index contributed by atoms with van der Waals surface area (Å²) in [6.07, 6.45) is 0. The summed E-state index contributed by atoms with van der Waals surface area (Å²) >= 11 is 0. The van der Waals surface area contributed by atoms with Crippen molar-refractivity contribution >= 4 is 5.97 Å². The zero-order chi connectivity index (χ0) is 16.2. The van der Waals surface area contributed by atoms with Crippen LogP contribution in [-0.4, -0.2) is 17.7 Å². The van der Waals surface area contributed by atoms with Gasteiger partial charge in [-0.05, 0) is 31.9 Å². The molecule has 0 bridgehead atoms. The van der Waals surface area contributed by atoms with Crippen molar-refractivity contribution in [1.29, 1.82) is 0 Å². The van der Waals surface area contributed by atoms with Gasteiger partial charge in [-0.15, -0.1) is 0 Å². The van der Waals surface area contributed by atoms with Crippen LogP contribution >= 0.6 is 0 Å². The molecule has 0 amide bonds. The van der Waals surface area contributed by atoms with E-state index in [4.69, 9.17) is 4.74 Å². The maximum absolute atomic E-state index is 12.5. The van der Waals surface area contributed by atoms with E-state index in [1.165, 1.54) is 0 Å². The number of rotatable bonds is 5. The Morgan fingerprint density at radius 2 is 1.36 bits per heavy atom. The molecule has 0 aromatic heterocycles. The maximum atomic E-state index is 12.5. The van der Waals surface area contributed by atoms with Crippen LogP contribution in [0, 0.1) is 5.41 Å². The lowest BCUT2D eigenvalue weighted by atomic mass is 9.67. The molecule has 3 nitrogen and oxygen atoms in total. The number of hydrogen-bond acceptors (Lipinski definition) is 3. The lowest BCUT2D eigenvalue weighted by Gasteiger charge is -2.41. The van der Waals surface area contributed by atoms with E-state index in [0.29, 0.717) is 11.1 Å². The van der Waals surface area contributed by atoms with Crippen molar-refractivity contribution in [3.63, 3.8) is 0 Å². The first kappa shape index (κ1) is 16.2. The minimum Gasteiger partial charge on any atom is -0.465 e. The van der Waals surface area contributed by atoms with Gasteiger partial charge in [-0.1, -0.05) is 60.7 Å². The highest BCUT2D eigenvalue weighted by atomic mass is 16.5. The standard InChI is InChI=1S/C19H22O3/c1-4-22-17(20)18(2,3)19(21,15-11-7-5-8-12-15)16-13-9-6-10-14-16/h5-14,21H,4H2,1-3H3. The molecular weight excluding hydrogens is 276 g/mol. The van der Waals surface area contributed by atoms with Gasteiger partial charge < -0.3 is 9.84 Å². The minimum atomic E-state index is -1.47. The van der Waals surface area contributed by atoms with E-state index in [-0.39, 0.29) is 6.61 Å². The van der Waals surface area contributed by atoms with Crippen molar-refractivity contribution in [3.8, 4) is 0 Å². The van der Waals surface area contributed by atoms with Crippen LogP contribution in [0.2, 0.25) is 0 Å². The Labute approximate surface area is 131 Å². The van der Waals surface area contributed by atoms with Gasteiger partial charge in [0.15, 0.2) is 0 Å². The fourth-order valence-corrected chi connectivity index (χ4v) is 2.71. The first-order chi connectivity index (χ1) is 10.4. The third-order valence-electron chi connectivity index (χ3n) is 4.07. The second kappa shape index (κ2) is 6.32. The molecule has 0 saturated heterocycles. The number of carbonyl (C=O) groups excluding carboxylic acids is 1. The van der Waals surface area contributed by atoms with Crippen LogP contribution in [-0.2, 0) is 15.1 Å². The molecule has 0 aliphatic rings. The SMILES string of the molecule is CCOC(=O)C(C)(C)C(O)(c1ccccc1)c1ccccc1. The number of hydrogen-bond donors (Lipinski definition) is 1. The van der Waals surface area contributed by atoms with Gasteiger partial charge in [0, 0.05) is 0 Å². The van der Waals surface area contributed by atoms with Gasteiger partial charge in [0.2, 0.25) is 0 Å². The first-order valence-electron chi connectivity index (χ1n) is 7.45. The van der Waals surface area contributed by atoms with E-state index in [1.807, 2.05) is 60.7 Å². The van der Waals surface area contributed by atoms with Gasteiger partial charge in [0.05, 0.1) is 12.0 Å². The van der Waals surface area contributed by atoms with Gasteiger partial charge in [-0.25, -0.2) is 0 Å². The zero-order valence-electron chi connectivity index (χ0n) is 13.2. The van der Waals surface area contributed by atoms with Crippen LogP contribution in [0.5, 0.6) is 0 Å². The largest absolute Gasteiger partial charge is 0.465 e. The summed E-state index contributed by atoms with van der Waals surface area (Å²) in [5.74, 6) is -0.426. The van der Waals surface area contributed by atoms with E-state index >= 15 is 0 Å². The molecule has 0 heterocycles. The van der Waals surface area contributed by atoms with Gasteiger partial charge in [-0.3, -0.25) is 4.79 Å². The Morgan fingerprint density at radius 3 is 1.73 bits per heavy atom. The molecule has 2 aromatic carbocycles. The van der Waals surface area contributed by atoms with Crippen molar-refractivity contribution < 1.29 is 14.6 Å². The Balaban J connectivity index is 2.64. The van der Waals surface area contributed by atoms with Crippen LogP contribution in [0.4, 0.5) is 0 Å². The minimum absolute atomic E-state index is 0.280. The molecule has 116 valence electrons. The van der Waals surface area contributed by atoms with E-state index in [1.54, 1.807) is 20.8 Å². The molecule has 0 spiro atoms. The second-order valence-electron chi connectivity index (χ2n) is 5.79. The molecule has 0 aliphatic carbocycles. The van der Waals surface area contributed by atoms with Crippen LogP contribution < -0.4 is 0 Å². The van der Waals surface area contributed by atoms with E-state index in [0.717, 1.165) is 0 Å². The maximum Gasteiger partial charge on any atom is 0.315 e. The molecule has 1 N–H and O–H groups in total. The van der Waals surface area contributed by atoms with Crippen LogP contribution in [0.3, 0.4) is 0 Å². The molecule has 0 aliphatic heterocycles. The Morgan fingerprint density at radius 1 is 0.955 bits per heavy atom. The summed E-state index contributed by atoms with van der Waals surface area (Å²) in [6.45, 7) is 5.47. The van der Waals surface area contributed by atoms with E-state index in [2.05, 4.69) is 0 Å². The summed E-state index contributed by atoms with van der Waals surface area (Å²) in [5.41, 5.74) is -1.27. The molecule has 22 heavy (non-hydrogen) atoms. The molecule has 2 rings (SSSR count). The molecule has 0 radical (unpaired) electrons. The third kappa shape index (κ3) is 2.64. The average molecular weight is 298 g/mol. The van der Waals surface area contributed by atoms with Crippen molar-refractivity contribution in [3.05, 3.63) is 71.8 Å². The number of carbonyl (C=O) groups is 1. The summed E-state index contributed by atoms with van der Waals surface area (Å²) in [5, 5.41) is 11.6. The Hall–Kier alpha value is -2.13. The fraction of sp³-hybridized carbons (Fsp3) is 0.316. The monoisotopic (exact) mass is 298 g/mol. The average Bonchev–Trinajstić information content (AvgIpc) is 2.55. The molecular formula is C19H22O3. The summed E-state index contributed by atoms with van der Waals surface area (Å²) < 4.78 is 5.20. The quantitative estimate of drug-likeness (QED) is 0.859. The van der Waals surface area contributed by atoms with Crippen LogP contribution in [0.1, 0.15) is 31.9 Å². The van der Waals surface area contributed by atoms with Gasteiger partial charge in [-0.2, -0.15) is 0 Å².